The predicted molar refractivity (Wildman–Crippen MR) is 54.4 cm³/mol. The Balaban J connectivity index is 2.92. The first-order valence-corrected chi connectivity index (χ1v) is 4.85. The zero-order valence-corrected chi connectivity index (χ0v) is 8.80. The molecule has 1 rings (SSSR count). The van der Waals surface area contributed by atoms with Crippen LogP contribution in [0.4, 0.5) is 0 Å². The highest BCUT2D eigenvalue weighted by atomic mass is 16.5. The summed E-state index contributed by atoms with van der Waals surface area (Å²) in [6, 6.07) is 0. The van der Waals surface area contributed by atoms with Crippen LogP contribution in [0.1, 0.15) is 6.92 Å². The number of ketones is 2. The summed E-state index contributed by atoms with van der Waals surface area (Å²) in [5, 5.41) is 9.05. The van der Waals surface area contributed by atoms with Gasteiger partial charge in [-0.25, -0.2) is 0 Å². The van der Waals surface area contributed by atoms with Gasteiger partial charge >= 0.3 is 5.97 Å². The lowest BCUT2D eigenvalue weighted by Gasteiger charge is -2.15. The Morgan fingerprint density at radius 3 is 2.69 bits per heavy atom. The molecular weight excluding hydrogens is 212 g/mol. The molecule has 0 saturated carbocycles. The van der Waals surface area contributed by atoms with Gasteiger partial charge in [0.15, 0.2) is 11.6 Å². The number of aliphatic hydroxyl groups is 1. The Morgan fingerprint density at radius 1 is 1.44 bits per heavy atom. The summed E-state index contributed by atoms with van der Waals surface area (Å²) < 4.78 is 4.70. The molecule has 0 saturated heterocycles. The molecule has 16 heavy (non-hydrogen) atoms. The van der Waals surface area contributed by atoms with Crippen LogP contribution in [0.5, 0.6) is 0 Å². The SMILES string of the molecule is CCOC(=O)C(CO)C1=CC(=O)C=CC1=O. The Morgan fingerprint density at radius 2 is 2.12 bits per heavy atom. The minimum absolute atomic E-state index is 0.0200. The molecule has 0 radical (unpaired) electrons. The second-order valence-corrected chi connectivity index (χ2v) is 3.19. The van der Waals surface area contributed by atoms with Gasteiger partial charge in [-0.15, -0.1) is 0 Å². The number of rotatable bonds is 4. The van der Waals surface area contributed by atoms with Crippen molar-refractivity contribution < 1.29 is 24.2 Å². The van der Waals surface area contributed by atoms with Gasteiger partial charge in [-0.2, -0.15) is 0 Å². The number of allylic oxidation sites excluding steroid dienone is 3. The standard InChI is InChI=1S/C11H12O5/c1-2-16-11(15)9(6-12)8-5-7(13)3-4-10(8)14/h3-5,9,12H,2,6H2,1H3. The third-order valence-electron chi connectivity index (χ3n) is 2.11. The van der Waals surface area contributed by atoms with Gasteiger partial charge in [0, 0.05) is 5.57 Å². The van der Waals surface area contributed by atoms with Crippen LogP contribution < -0.4 is 0 Å². The Bertz CT molecular complexity index is 378. The molecule has 0 aromatic heterocycles. The molecule has 1 atom stereocenters. The molecule has 5 heteroatoms. The minimum Gasteiger partial charge on any atom is -0.465 e. The normalized spacial score (nSPS) is 17.0. The first-order valence-electron chi connectivity index (χ1n) is 4.85. The Labute approximate surface area is 92.4 Å². The molecule has 1 unspecified atom stereocenters. The molecule has 1 aliphatic rings. The molecule has 0 spiro atoms. The number of esters is 1. The van der Waals surface area contributed by atoms with E-state index in [0.717, 1.165) is 18.2 Å². The van der Waals surface area contributed by atoms with E-state index in [0.29, 0.717) is 0 Å². The van der Waals surface area contributed by atoms with Crippen LogP contribution >= 0.6 is 0 Å². The summed E-state index contributed by atoms with van der Waals surface area (Å²) in [5.74, 6) is -2.61. The maximum atomic E-state index is 11.4. The molecule has 0 fully saturated rings. The molecule has 0 amide bonds. The highest BCUT2D eigenvalue weighted by Gasteiger charge is 2.29. The lowest BCUT2D eigenvalue weighted by atomic mass is 9.91. The fraction of sp³-hybridized carbons (Fsp3) is 0.364. The fourth-order valence-electron chi connectivity index (χ4n) is 1.34. The minimum atomic E-state index is -1.08. The highest BCUT2D eigenvalue weighted by molar-refractivity contribution is 6.19. The molecule has 0 aromatic rings. The number of hydrogen-bond donors (Lipinski definition) is 1. The van der Waals surface area contributed by atoms with E-state index in [4.69, 9.17) is 9.84 Å². The first-order chi connectivity index (χ1) is 7.60. The second-order valence-electron chi connectivity index (χ2n) is 3.19. The van der Waals surface area contributed by atoms with Gasteiger partial charge in [0.05, 0.1) is 13.2 Å². The maximum Gasteiger partial charge on any atom is 0.315 e. The molecule has 1 aliphatic carbocycles. The van der Waals surface area contributed by atoms with Gasteiger partial charge in [0.1, 0.15) is 5.92 Å². The number of ether oxygens (including phenoxy) is 1. The van der Waals surface area contributed by atoms with Crippen molar-refractivity contribution in [3.63, 3.8) is 0 Å². The van der Waals surface area contributed by atoms with E-state index in [-0.39, 0.29) is 18.0 Å². The van der Waals surface area contributed by atoms with Crippen molar-refractivity contribution in [1.29, 1.82) is 0 Å². The summed E-state index contributed by atoms with van der Waals surface area (Å²) in [6.07, 6.45) is 3.26. The molecule has 0 aromatic carbocycles. The van der Waals surface area contributed by atoms with Crippen molar-refractivity contribution in [3.8, 4) is 0 Å². The van der Waals surface area contributed by atoms with Crippen molar-refractivity contribution in [2.24, 2.45) is 5.92 Å². The number of carbonyl (C=O) groups excluding carboxylic acids is 3. The third-order valence-corrected chi connectivity index (χ3v) is 2.11. The molecule has 0 aliphatic heterocycles. The number of carbonyl (C=O) groups is 3. The summed E-state index contributed by atoms with van der Waals surface area (Å²) in [5.41, 5.74) is -0.0200. The van der Waals surface area contributed by atoms with Crippen LogP contribution in [0.25, 0.3) is 0 Å². The molecule has 0 bridgehead atoms. The van der Waals surface area contributed by atoms with Crippen LogP contribution in [0.15, 0.2) is 23.8 Å². The van der Waals surface area contributed by atoms with E-state index >= 15 is 0 Å². The quantitative estimate of drug-likeness (QED) is 0.528. The summed E-state index contributed by atoms with van der Waals surface area (Å²) in [7, 11) is 0. The van der Waals surface area contributed by atoms with Gasteiger partial charge in [0.2, 0.25) is 0 Å². The summed E-state index contributed by atoms with van der Waals surface area (Å²) in [6.45, 7) is 1.21. The van der Waals surface area contributed by atoms with Crippen LogP contribution in [-0.2, 0) is 19.1 Å². The van der Waals surface area contributed by atoms with Crippen LogP contribution in [0.2, 0.25) is 0 Å². The highest BCUT2D eigenvalue weighted by Crippen LogP contribution is 2.17. The van der Waals surface area contributed by atoms with E-state index in [9.17, 15) is 14.4 Å². The van der Waals surface area contributed by atoms with Crippen LogP contribution in [0, 0.1) is 5.92 Å². The third kappa shape index (κ3) is 2.64. The molecule has 0 heterocycles. The average molecular weight is 224 g/mol. The van der Waals surface area contributed by atoms with Crippen LogP contribution in [-0.4, -0.2) is 35.9 Å². The second kappa shape index (κ2) is 5.37. The molecule has 1 N–H and O–H groups in total. The predicted octanol–water partition coefficient (Wildman–Crippen LogP) is -0.208. The van der Waals surface area contributed by atoms with E-state index in [1.165, 1.54) is 0 Å². The molecule has 86 valence electrons. The van der Waals surface area contributed by atoms with E-state index < -0.39 is 24.3 Å². The Hall–Kier alpha value is -1.75. The monoisotopic (exact) mass is 224 g/mol. The lowest BCUT2D eigenvalue weighted by molar-refractivity contribution is -0.148. The van der Waals surface area contributed by atoms with Gasteiger partial charge in [0.25, 0.3) is 0 Å². The van der Waals surface area contributed by atoms with Gasteiger partial charge in [-0.05, 0) is 25.2 Å². The van der Waals surface area contributed by atoms with Gasteiger partial charge in [-0.1, -0.05) is 0 Å². The van der Waals surface area contributed by atoms with E-state index in [1.54, 1.807) is 6.92 Å². The largest absolute Gasteiger partial charge is 0.465 e. The van der Waals surface area contributed by atoms with Crippen molar-refractivity contribution in [2.45, 2.75) is 6.92 Å². The molecule has 5 nitrogen and oxygen atoms in total. The van der Waals surface area contributed by atoms with E-state index in [2.05, 4.69) is 0 Å². The Kier molecular flexibility index (Phi) is 4.13. The van der Waals surface area contributed by atoms with E-state index in [1.807, 2.05) is 0 Å². The number of aliphatic hydroxyl groups excluding tert-OH is 1. The average Bonchev–Trinajstić information content (AvgIpc) is 2.24. The summed E-state index contributed by atoms with van der Waals surface area (Å²) in [4.78, 5) is 33.9. The van der Waals surface area contributed by atoms with Crippen LogP contribution in [0.3, 0.4) is 0 Å². The van der Waals surface area contributed by atoms with Gasteiger partial charge < -0.3 is 9.84 Å². The maximum absolute atomic E-state index is 11.4. The lowest BCUT2D eigenvalue weighted by Crippen LogP contribution is -2.28. The topological polar surface area (TPSA) is 80.7 Å². The first kappa shape index (κ1) is 12.3. The van der Waals surface area contributed by atoms with Gasteiger partial charge in [-0.3, -0.25) is 14.4 Å². The zero-order valence-electron chi connectivity index (χ0n) is 8.80. The van der Waals surface area contributed by atoms with Crippen molar-refractivity contribution in [3.05, 3.63) is 23.8 Å². The van der Waals surface area contributed by atoms with Crippen molar-refractivity contribution in [1.82, 2.24) is 0 Å². The zero-order chi connectivity index (χ0) is 12.1. The van der Waals surface area contributed by atoms with Crippen molar-refractivity contribution in [2.75, 3.05) is 13.2 Å². The fourth-order valence-corrected chi connectivity index (χ4v) is 1.34. The number of hydrogen-bond acceptors (Lipinski definition) is 5. The smallest absolute Gasteiger partial charge is 0.315 e. The summed E-state index contributed by atoms with van der Waals surface area (Å²) >= 11 is 0. The van der Waals surface area contributed by atoms with Crippen molar-refractivity contribution >= 4 is 17.5 Å². The molecular formula is C11H12O5.